The van der Waals surface area contributed by atoms with Gasteiger partial charge in [-0.25, -0.2) is 4.98 Å². The van der Waals surface area contributed by atoms with Gasteiger partial charge < -0.3 is 4.42 Å². The van der Waals surface area contributed by atoms with E-state index in [1.807, 2.05) is 0 Å². The summed E-state index contributed by atoms with van der Waals surface area (Å²) in [7, 11) is 0. The third-order valence-electron chi connectivity index (χ3n) is 10.0. The SMILES string of the molecule is CC1(C)c2ccc(C3C=CC(c4cc(-c5ccccc5)nc(-c5ccccc5)c4)=CC3)cc2-c2c1ccc1oc3ccccc3c21. The molecule has 2 nitrogen and oxygen atoms in total. The number of hydrogen-bond donors (Lipinski definition) is 0. The number of para-hydroxylation sites is 1. The van der Waals surface area contributed by atoms with E-state index in [-0.39, 0.29) is 5.41 Å². The molecule has 7 aromatic rings. The first-order chi connectivity index (χ1) is 22.5. The number of allylic oxidation sites excluding steroid dienone is 4. The summed E-state index contributed by atoms with van der Waals surface area (Å²) in [5.41, 5.74) is 15.3. The van der Waals surface area contributed by atoms with Crippen molar-refractivity contribution in [1.82, 2.24) is 4.98 Å². The van der Waals surface area contributed by atoms with Crippen molar-refractivity contribution in [2.24, 2.45) is 0 Å². The summed E-state index contributed by atoms with van der Waals surface area (Å²) in [6, 6.07) is 45.4. The minimum atomic E-state index is -0.0699. The molecule has 9 rings (SSSR count). The Hall–Kier alpha value is -5.47. The summed E-state index contributed by atoms with van der Waals surface area (Å²) in [5, 5.41) is 2.43. The Morgan fingerprint density at radius 1 is 0.652 bits per heavy atom. The predicted octanol–water partition coefficient (Wildman–Crippen LogP) is 11.7. The molecule has 46 heavy (non-hydrogen) atoms. The molecule has 0 fully saturated rings. The highest BCUT2D eigenvalue weighted by Crippen LogP contribution is 2.53. The van der Waals surface area contributed by atoms with E-state index in [0.717, 1.165) is 40.1 Å². The summed E-state index contributed by atoms with van der Waals surface area (Å²) in [6.45, 7) is 4.70. The Morgan fingerprint density at radius 2 is 1.33 bits per heavy atom. The Labute approximate surface area is 269 Å². The molecule has 2 heterocycles. The number of pyridine rings is 1. The van der Waals surface area contributed by atoms with Crippen molar-refractivity contribution >= 4 is 27.5 Å². The molecule has 0 bridgehead atoms. The number of furan rings is 1. The predicted molar refractivity (Wildman–Crippen MR) is 191 cm³/mol. The smallest absolute Gasteiger partial charge is 0.136 e. The second-order valence-corrected chi connectivity index (χ2v) is 13.1. The van der Waals surface area contributed by atoms with Crippen LogP contribution >= 0.6 is 0 Å². The zero-order valence-electron chi connectivity index (χ0n) is 26.0. The maximum Gasteiger partial charge on any atom is 0.136 e. The van der Waals surface area contributed by atoms with Gasteiger partial charge >= 0.3 is 0 Å². The molecule has 0 saturated heterocycles. The van der Waals surface area contributed by atoms with Gasteiger partial charge in [-0.2, -0.15) is 0 Å². The van der Waals surface area contributed by atoms with Crippen LogP contribution in [0.1, 0.15) is 48.4 Å². The summed E-state index contributed by atoms with van der Waals surface area (Å²) >= 11 is 0. The fourth-order valence-corrected chi connectivity index (χ4v) is 7.60. The lowest BCUT2D eigenvalue weighted by molar-refractivity contribution is 0.656. The molecule has 1 unspecified atom stereocenters. The molecule has 0 amide bonds. The van der Waals surface area contributed by atoms with E-state index in [2.05, 4.69) is 159 Å². The van der Waals surface area contributed by atoms with Gasteiger partial charge in [-0.05, 0) is 69.6 Å². The van der Waals surface area contributed by atoms with Gasteiger partial charge in [-0.15, -0.1) is 0 Å². The third-order valence-corrected chi connectivity index (χ3v) is 10.0. The lowest BCUT2D eigenvalue weighted by atomic mass is 9.81. The number of benzene rings is 5. The monoisotopic (exact) mass is 591 g/mol. The number of rotatable bonds is 4. The van der Waals surface area contributed by atoms with Crippen molar-refractivity contribution in [2.45, 2.75) is 31.6 Å². The van der Waals surface area contributed by atoms with Crippen molar-refractivity contribution in [1.29, 1.82) is 0 Å². The Morgan fingerprint density at radius 3 is 2.02 bits per heavy atom. The van der Waals surface area contributed by atoms with Crippen LogP contribution < -0.4 is 0 Å². The van der Waals surface area contributed by atoms with Gasteiger partial charge in [0, 0.05) is 33.2 Å². The standard InChI is InChI=1S/C44H33NO/c1-44(2)36-22-21-32(25-35(36)42-37(44)23-24-41-43(42)34-15-9-10-16-40(34)46-41)28-17-19-29(20-18-28)33-26-38(30-11-5-3-6-12-30)45-39(27-33)31-13-7-4-8-14-31/h3-17,19-28H,18H2,1-2H3. The average molecular weight is 592 g/mol. The van der Waals surface area contributed by atoms with Gasteiger partial charge in [0.25, 0.3) is 0 Å². The fraction of sp³-hybridized carbons (Fsp3) is 0.114. The summed E-state index contributed by atoms with van der Waals surface area (Å²) in [6.07, 6.45) is 8.04. The number of hydrogen-bond acceptors (Lipinski definition) is 2. The quantitative estimate of drug-likeness (QED) is 0.203. The molecule has 1 atom stereocenters. The Bertz CT molecular complexity index is 2300. The summed E-state index contributed by atoms with van der Waals surface area (Å²) in [4.78, 5) is 5.07. The Kier molecular flexibility index (Phi) is 6.01. The number of nitrogens with zero attached hydrogens (tertiary/aromatic N) is 1. The highest BCUT2D eigenvalue weighted by Gasteiger charge is 2.37. The minimum absolute atomic E-state index is 0.0699. The van der Waals surface area contributed by atoms with Gasteiger partial charge in [-0.3, -0.25) is 0 Å². The van der Waals surface area contributed by atoms with Gasteiger partial charge in [0.15, 0.2) is 0 Å². The highest BCUT2D eigenvalue weighted by atomic mass is 16.3. The van der Waals surface area contributed by atoms with Crippen molar-refractivity contribution < 1.29 is 4.42 Å². The molecule has 0 spiro atoms. The average Bonchev–Trinajstić information content (AvgIpc) is 3.60. The topological polar surface area (TPSA) is 26.0 Å². The molecule has 0 saturated carbocycles. The van der Waals surface area contributed by atoms with Crippen molar-refractivity contribution in [3.63, 3.8) is 0 Å². The molecular weight excluding hydrogens is 558 g/mol. The maximum absolute atomic E-state index is 6.31. The lowest BCUT2D eigenvalue weighted by Crippen LogP contribution is -2.15. The van der Waals surface area contributed by atoms with E-state index >= 15 is 0 Å². The van der Waals surface area contributed by atoms with Crippen molar-refractivity contribution in [3.8, 4) is 33.6 Å². The fourth-order valence-electron chi connectivity index (χ4n) is 7.60. The second kappa shape index (κ2) is 10.3. The van der Waals surface area contributed by atoms with Crippen LogP contribution in [0.5, 0.6) is 0 Å². The van der Waals surface area contributed by atoms with E-state index < -0.39 is 0 Å². The Balaban J connectivity index is 1.10. The minimum Gasteiger partial charge on any atom is -0.456 e. The van der Waals surface area contributed by atoms with E-state index in [1.165, 1.54) is 49.7 Å². The molecule has 2 aliphatic carbocycles. The van der Waals surface area contributed by atoms with Crippen LogP contribution in [0.15, 0.2) is 150 Å². The zero-order valence-corrected chi connectivity index (χ0v) is 26.0. The second-order valence-electron chi connectivity index (χ2n) is 13.1. The number of aromatic nitrogens is 1. The van der Waals surface area contributed by atoms with Crippen LogP contribution in [0.2, 0.25) is 0 Å². The van der Waals surface area contributed by atoms with Gasteiger partial charge in [0.2, 0.25) is 0 Å². The largest absolute Gasteiger partial charge is 0.456 e. The molecule has 220 valence electrons. The van der Waals surface area contributed by atoms with Gasteiger partial charge in [-0.1, -0.05) is 135 Å². The maximum atomic E-state index is 6.31. The number of fused-ring (bicyclic) bond motifs is 7. The van der Waals surface area contributed by atoms with Crippen LogP contribution in [0, 0.1) is 0 Å². The molecule has 2 aromatic heterocycles. The van der Waals surface area contributed by atoms with Gasteiger partial charge in [0.1, 0.15) is 11.2 Å². The lowest BCUT2D eigenvalue weighted by Gasteiger charge is -2.22. The summed E-state index contributed by atoms with van der Waals surface area (Å²) in [5.74, 6) is 0.311. The van der Waals surface area contributed by atoms with Crippen LogP contribution in [0.4, 0.5) is 0 Å². The van der Waals surface area contributed by atoms with Crippen LogP contribution in [0.3, 0.4) is 0 Å². The first-order valence-electron chi connectivity index (χ1n) is 16.2. The van der Waals surface area contributed by atoms with E-state index in [0.29, 0.717) is 5.92 Å². The van der Waals surface area contributed by atoms with Crippen LogP contribution in [-0.4, -0.2) is 4.98 Å². The molecule has 0 aliphatic heterocycles. The summed E-state index contributed by atoms with van der Waals surface area (Å²) < 4.78 is 6.31. The van der Waals surface area contributed by atoms with Crippen molar-refractivity contribution in [3.05, 3.63) is 168 Å². The first-order valence-corrected chi connectivity index (χ1v) is 16.2. The van der Waals surface area contributed by atoms with Crippen molar-refractivity contribution in [2.75, 3.05) is 0 Å². The van der Waals surface area contributed by atoms with E-state index in [9.17, 15) is 0 Å². The molecular formula is C44H33NO. The molecule has 0 radical (unpaired) electrons. The van der Waals surface area contributed by atoms with Crippen LogP contribution in [0.25, 0.3) is 61.2 Å². The molecule has 2 aliphatic rings. The van der Waals surface area contributed by atoms with Gasteiger partial charge in [0.05, 0.1) is 11.4 Å². The molecule has 2 heteroatoms. The highest BCUT2D eigenvalue weighted by molar-refractivity contribution is 6.15. The third kappa shape index (κ3) is 4.21. The van der Waals surface area contributed by atoms with Crippen LogP contribution in [-0.2, 0) is 5.41 Å². The zero-order chi connectivity index (χ0) is 30.8. The first kappa shape index (κ1) is 26.9. The normalized spacial score (nSPS) is 16.4. The molecule has 0 N–H and O–H groups in total. The van der Waals surface area contributed by atoms with E-state index in [1.54, 1.807) is 0 Å². The van der Waals surface area contributed by atoms with E-state index in [4.69, 9.17) is 9.40 Å². The molecule has 5 aromatic carbocycles.